The molecule has 0 amide bonds. The Bertz CT molecular complexity index is 82.4. The van der Waals surface area contributed by atoms with E-state index in [0.717, 1.165) is 11.4 Å². The van der Waals surface area contributed by atoms with Crippen molar-refractivity contribution in [3.8, 4) is 0 Å². The van der Waals surface area contributed by atoms with Gasteiger partial charge in [0, 0.05) is 5.33 Å². The number of rotatable bonds is 3. The topological polar surface area (TPSA) is 0 Å². The average molecular weight is 270 g/mol. The minimum Gasteiger partial charge on any atom is -0.126 e. The molecule has 0 aromatic rings. The summed E-state index contributed by atoms with van der Waals surface area (Å²) in [7, 11) is 0. The molecule has 0 fully saturated rings. The highest BCUT2D eigenvalue weighted by Gasteiger charge is 2.26. The molecule has 0 aliphatic heterocycles. The Morgan fingerprint density at radius 3 is 2.00 bits per heavy atom. The summed E-state index contributed by atoms with van der Waals surface area (Å²) in [5.74, 6) is 0.476. The molecular formula is C4H8BrCl3Si. The fourth-order valence-corrected chi connectivity index (χ4v) is 4.41. The zero-order chi connectivity index (χ0) is 7.49. The molecule has 0 bridgehead atoms. The third-order valence-electron chi connectivity index (χ3n) is 0.843. The van der Waals surface area contributed by atoms with E-state index in [1.807, 2.05) is 0 Å². The molecule has 0 radical (unpaired) electrons. The Hall–Kier alpha value is 1.57. The monoisotopic (exact) mass is 268 g/mol. The molecule has 0 spiro atoms. The second-order valence-corrected chi connectivity index (χ2v) is 11.9. The lowest BCUT2D eigenvalue weighted by molar-refractivity contribution is 0.750. The third-order valence-corrected chi connectivity index (χ3v) is 4.50. The van der Waals surface area contributed by atoms with Crippen molar-refractivity contribution in [2.75, 3.05) is 5.33 Å². The summed E-state index contributed by atoms with van der Waals surface area (Å²) in [4.78, 5) is 0. The fourth-order valence-electron chi connectivity index (χ4n) is 0.450. The lowest BCUT2D eigenvalue weighted by Gasteiger charge is -2.11. The van der Waals surface area contributed by atoms with Gasteiger partial charge in [0.25, 0.3) is 0 Å². The van der Waals surface area contributed by atoms with E-state index in [9.17, 15) is 0 Å². The minimum atomic E-state index is -2.35. The highest BCUT2D eigenvalue weighted by atomic mass is 79.9. The first kappa shape index (κ1) is 10.6. The predicted molar refractivity (Wildman–Crippen MR) is 51.1 cm³/mol. The van der Waals surface area contributed by atoms with Gasteiger partial charge in [0.1, 0.15) is 0 Å². The van der Waals surface area contributed by atoms with E-state index >= 15 is 0 Å². The summed E-state index contributed by atoms with van der Waals surface area (Å²) in [5, 5.41) is 0.911. The van der Waals surface area contributed by atoms with Crippen LogP contribution in [0.1, 0.15) is 6.92 Å². The molecule has 0 aliphatic carbocycles. The maximum Gasteiger partial charge on any atom is 0.341 e. The number of hydrogen-bond donors (Lipinski definition) is 0. The van der Waals surface area contributed by atoms with Gasteiger partial charge in [0.15, 0.2) is 0 Å². The summed E-state index contributed by atoms with van der Waals surface area (Å²) in [6.45, 7) is 2.06. The van der Waals surface area contributed by atoms with Crippen molar-refractivity contribution in [2.45, 2.75) is 13.0 Å². The van der Waals surface area contributed by atoms with Crippen LogP contribution >= 0.6 is 49.2 Å². The van der Waals surface area contributed by atoms with Crippen molar-refractivity contribution in [3.63, 3.8) is 0 Å². The molecule has 0 aromatic carbocycles. The van der Waals surface area contributed by atoms with Gasteiger partial charge >= 0.3 is 6.00 Å². The second kappa shape index (κ2) is 4.45. The maximum absolute atomic E-state index is 5.66. The summed E-state index contributed by atoms with van der Waals surface area (Å²) in [5.41, 5.74) is 0. The molecule has 5 heteroatoms. The van der Waals surface area contributed by atoms with Gasteiger partial charge in [0.05, 0.1) is 0 Å². The van der Waals surface area contributed by atoms with Crippen molar-refractivity contribution >= 4 is 55.2 Å². The van der Waals surface area contributed by atoms with E-state index in [-0.39, 0.29) is 0 Å². The van der Waals surface area contributed by atoms with Crippen molar-refractivity contribution < 1.29 is 0 Å². The molecule has 0 aromatic heterocycles. The zero-order valence-corrected chi connectivity index (χ0v) is 9.86. The summed E-state index contributed by atoms with van der Waals surface area (Å²) in [6.07, 6.45) is 0. The van der Waals surface area contributed by atoms with Crippen LogP contribution in [-0.4, -0.2) is 11.3 Å². The van der Waals surface area contributed by atoms with E-state index in [1.54, 1.807) is 0 Å². The maximum atomic E-state index is 5.66. The van der Waals surface area contributed by atoms with Crippen LogP contribution in [-0.2, 0) is 0 Å². The first-order chi connectivity index (χ1) is 3.95. The molecule has 1 unspecified atom stereocenters. The Kier molecular flexibility index (Phi) is 5.22. The predicted octanol–water partition coefficient (Wildman–Crippen LogP) is 3.67. The summed E-state index contributed by atoms with van der Waals surface area (Å²) < 4.78 is 0. The molecule has 1 atom stereocenters. The van der Waals surface area contributed by atoms with Crippen LogP contribution in [0.2, 0.25) is 6.04 Å². The lowest BCUT2D eigenvalue weighted by Crippen LogP contribution is -2.14. The number of hydrogen-bond acceptors (Lipinski definition) is 0. The molecule has 0 rings (SSSR count). The van der Waals surface area contributed by atoms with Crippen molar-refractivity contribution in [1.82, 2.24) is 0 Å². The average Bonchev–Trinajstić information content (AvgIpc) is 1.62. The zero-order valence-electron chi connectivity index (χ0n) is 5.00. The number of alkyl halides is 1. The molecule has 0 saturated carbocycles. The van der Waals surface area contributed by atoms with Crippen LogP contribution in [0.15, 0.2) is 0 Å². The van der Waals surface area contributed by atoms with Crippen molar-refractivity contribution in [2.24, 2.45) is 5.92 Å². The fraction of sp³-hybridized carbons (Fsp3) is 1.00. The third kappa shape index (κ3) is 7.46. The van der Waals surface area contributed by atoms with E-state index < -0.39 is 6.00 Å². The highest BCUT2D eigenvalue weighted by Crippen LogP contribution is 2.29. The Labute approximate surface area is 79.1 Å². The Morgan fingerprint density at radius 1 is 1.44 bits per heavy atom. The Morgan fingerprint density at radius 2 is 1.89 bits per heavy atom. The molecule has 56 valence electrons. The molecule has 0 saturated heterocycles. The molecule has 0 heterocycles. The van der Waals surface area contributed by atoms with Crippen molar-refractivity contribution in [3.05, 3.63) is 0 Å². The molecule has 0 aliphatic rings. The van der Waals surface area contributed by atoms with E-state index in [4.69, 9.17) is 33.2 Å². The SMILES string of the molecule is CC(CBr)C[Si](Cl)(Cl)Cl. The smallest absolute Gasteiger partial charge is 0.126 e. The number of halogens is 4. The van der Waals surface area contributed by atoms with Crippen molar-refractivity contribution in [1.29, 1.82) is 0 Å². The van der Waals surface area contributed by atoms with Gasteiger partial charge in [-0.1, -0.05) is 22.9 Å². The van der Waals surface area contributed by atoms with Crippen LogP contribution in [0.25, 0.3) is 0 Å². The summed E-state index contributed by atoms with van der Waals surface area (Å²) >= 11 is 20.3. The quantitative estimate of drug-likeness (QED) is 0.417. The highest BCUT2D eigenvalue weighted by molar-refractivity contribution is 9.09. The normalized spacial score (nSPS) is 15.7. The molecule has 9 heavy (non-hydrogen) atoms. The van der Waals surface area contributed by atoms with Gasteiger partial charge in [-0.15, -0.1) is 33.2 Å². The largest absolute Gasteiger partial charge is 0.341 e. The first-order valence-electron chi connectivity index (χ1n) is 2.58. The lowest BCUT2D eigenvalue weighted by atomic mass is 10.3. The van der Waals surface area contributed by atoms with Gasteiger partial charge in [-0.2, -0.15) is 0 Å². The standard InChI is InChI=1S/C4H8BrCl3Si/c1-4(2-5)3-9(6,7)8/h4H,2-3H2,1H3. The molecule has 0 nitrogen and oxygen atoms in total. The van der Waals surface area contributed by atoms with Crippen LogP contribution in [0, 0.1) is 5.92 Å². The van der Waals surface area contributed by atoms with E-state index in [0.29, 0.717) is 5.92 Å². The van der Waals surface area contributed by atoms with Crippen LogP contribution in [0.4, 0.5) is 0 Å². The minimum absolute atomic E-state index is 0.476. The Balaban J connectivity index is 3.47. The van der Waals surface area contributed by atoms with E-state index in [1.165, 1.54) is 0 Å². The first-order valence-corrected chi connectivity index (χ1v) is 8.95. The van der Waals surface area contributed by atoms with Crippen LogP contribution < -0.4 is 0 Å². The van der Waals surface area contributed by atoms with Gasteiger partial charge in [-0.3, -0.25) is 0 Å². The molecular weight excluding hydrogens is 262 g/mol. The van der Waals surface area contributed by atoms with Gasteiger partial charge < -0.3 is 0 Å². The second-order valence-electron chi connectivity index (χ2n) is 2.08. The summed E-state index contributed by atoms with van der Waals surface area (Å²) in [6, 6.07) is -1.62. The van der Waals surface area contributed by atoms with E-state index in [2.05, 4.69) is 22.9 Å². The van der Waals surface area contributed by atoms with Crippen LogP contribution in [0.5, 0.6) is 0 Å². The van der Waals surface area contributed by atoms with Gasteiger partial charge in [-0.05, 0) is 12.0 Å². The van der Waals surface area contributed by atoms with Gasteiger partial charge in [0.2, 0.25) is 0 Å². The van der Waals surface area contributed by atoms with Crippen LogP contribution in [0.3, 0.4) is 0 Å². The van der Waals surface area contributed by atoms with Gasteiger partial charge in [-0.25, -0.2) is 0 Å². The molecule has 0 N–H and O–H groups in total.